The number of aliphatic carboxylic acids is 1. The van der Waals surface area contributed by atoms with E-state index in [0.717, 1.165) is 0 Å². The number of ether oxygens (including phenoxy) is 1. The largest absolute Gasteiger partial charge is 0.481 e. The molecule has 104 valence electrons. The van der Waals surface area contributed by atoms with Crippen molar-refractivity contribution in [1.82, 2.24) is 10.6 Å². The van der Waals surface area contributed by atoms with Gasteiger partial charge in [0.1, 0.15) is 12.6 Å². The van der Waals surface area contributed by atoms with Gasteiger partial charge in [0.25, 0.3) is 0 Å². The van der Waals surface area contributed by atoms with Crippen molar-refractivity contribution in [3.05, 3.63) is 0 Å². The summed E-state index contributed by atoms with van der Waals surface area (Å²) in [6, 6.07) is -0.693. The summed E-state index contributed by atoms with van der Waals surface area (Å²) >= 11 is 0. The lowest BCUT2D eigenvalue weighted by Gasteiger charge is -2.21. The summed E-state index contributed by atoms with van der Waals surface area (Å²) in [6.07, 6.45) is -0.150. The van der Waals surface area contributed by atoms with Gasteiger partial charge in [-0.3, -0.25) is 14.4 Å². The number of rotatable bonds is 8. The molecule has 0 fully saturated rings. The summed E-state index contributed by atoms with van der Waals surface area (Å²) in [4.78, 5) is 33.4. The fraction of sp³-hybridized carbons (Fsp3) is 0.727. The van der Waals surface area contributed by atoms with E-state index < -0.39 is 17.9 Å². The molecule has 0 saturated heterocycles. The Bertz CT molecular complexity index is 304. The smallest absolute Gasteiger partial charge is 0.305 e. The topological polar surface area (TPSA) is 105 Å². The van der Waals surface area contributed by atoms with E-state index in [1.165, 1.54) is 7.11 Å². The van der Waals surface area contributed by atoms with Gasteiger partial charge in [-0.1, -0.05) is 13.8 Å². The predicted octanol–water partition coefficient (Wildman–Crippen LogP) is -0.635. The van der Waals surface area contributed by atoms with E-state index in [-0.39, 0.29) is 31.4 Å². The van der Waals surface area contributed by atoms with Gasteiger partial charge in [-0.25, -0.2) is 0 Å². The highest BCUT2D eigenvalue weighted by atomic mass is 16.5. The fourth-order valence-corrected chi connectivity index (χ4v) is 1.28. The minimum absolute atomic E-state index is 0.0392. The zero-order chi connectivity index (χ0) is 14.1. The minimum atomic E-state index is -0.986. The molecule has 0 aromatic carbocycles. The molecule has 0 aliphatic heterocycles. The van der Waals surface area contributed by atoms with Gasteiger partial charge in [-0.05, 0) is 5.92 Å². The van der Waals surface area contributed by atoms with Crippen LogP contribution in [0.5, 0.6) is 0 Å². The Morgan fingerprint density at radius 3 is 2.33 bits per heavy atom. The third kappa shape index (κ3) is 6.85. The summed E-state index contributed by atoms with van der Waals surface area (Å²) in [7, 11) is 1.39. The molecule has 7 nitrogen and oxygen atoms in total. The molecular formula is C11H20N2O5. The van der Waals surface area contributed by atoms with Crippen LogP contribution in [0.15, 0.2) is 0 Å². The average Bonchev–Trinajstić information content (AvgIpc) is 2.25. The third-order valence-electron chi connectivity index (χ3n) is 2.18. The second kappa shape index (κ2) is 8.46. The molecule has 0 spiro atoms. The molecule has 2 amide bonds. The highest BCUT2D eigenvalue weighted by Gasteiger charge is 2.23. The van der Waals surface area contributed by atoms with Gasteiger partial charge in [0.05, 0.1) is 6.42 Å². The average molecular weight is 260 g/mol. The van der Waals surface area contributed by atoms with Crippen LogP contribution in [-0.2, 0) is 19.1 Å². The Morgan fingerprint density at radius 2 is 1.89 bits per heavy atom. The first-order valence-electron chi connectivity index (χ1n) is 5.66. The van der Waals surface area contributed by atoms with Gasteiger partial charge in [0.15, 0.2) is 0 Å². The quantitative estimate of drug-likeness (QED) is 0.538. The summed E-state index contributed by atoms with van der Waals surface area (Å²) in [5.74, 6) is -1.87. The Morgan fingerprint density at radius 1 is 1.28 bits per heavy atom. The van der Waals surface area contributed by atoms with Gasteiger partial charge in [-0.15, -0.1) is 0 Å². The van der Waals surface area contributed by atoms with Crippen LogP contribution in [0.1, 0.15) is 20.3 Å². The van der Waals surface area contributed by atoms with Crippen LogP contribution in [0.2, 0.25) is 0 Å². The van der Waals surface area contributed by atoms with Gasteiger partial charge >= 0.3 is 5.97 Å². The van der Waals surface area contributed by atoms with Gasteiger partial charge < -0.3 is 20.5 Å². The van der Waals surface area contributed by atoms with Crippen LogP contribution in [0.25, 0.3) is 0 Å². The highest BCUT2D eigenvalue weighted by Crippen LogP contribution is 2.01. The number of carbonyl (C=O) groups is 3. The zero-order valence-corrected chi connectivity index (χ0v) is 10.9. The molecule has 0 aromatic heterocycles. The first kappa shape index (κ1) is 16.4. The molecule has 18 heavy (non-hydrogen) atoms. The summed E-state index contributed by atoms with van der Waals surface area (Å²) in [5.41, 5.74) is 0. The molecule has 0 radical (unpaired) electrons. The Balaban J connectivity index is 4.27. The van der Waals surface area contributed by atoms with Crippen LogP contribution >= 0.6 is 0 Å². The van der Waals surface area contributed by atoms with Crippen LogP contribution in [0.4, 0.5) is 0 Å². The third-order valence-corrected chi connectivity index (χ3v) is 2.18. The molecule has 0 aromatic rings. The number of carboxylic acids is 1. The molecule has 0 aliphatic rings. The van der Waals surface area contributed by atoms with Crippen molar-refractivity contribution in [2.24, 2.45) is 5.92 Å². The second-order valence-corrected chi connectivity index (χ2v) is 4.16. The van der Waals surface area contributed by atoms with Crippen molar-refractivity contribution in [2.75, 3.05) is 20.3 Å². The van der Waals surface area contributed by atoms with E-state index in [9.17, 15) is 14.4 Å². The number of methoxy groups -OCH3 is 1. The number of carbonyl (C=O) groups excluding carboxylic acids is 2. The van der Waals surface area contributed by atoms with E-state index in [1.807, 2.05) is 0 Å². The first-order chi connectivity index (χ1) is 8.38. The molecule has 0 heterocycles. The summed E-state index contributed by atoms with van der Waals surface area (Å²) in [5, 5.41) is 13.5. The van der Waals surface area contributed by atoms with Crippen molar-refractivity contribution >= 4 is 17.8 Å². The van der Waals surface area contributed by atoms with E-state index in [4.69, 9.17) is 5.11 Å². The maximum Gasteiger partial charge on any atom is 0.305 e. The second-order valence-electron chi connectivity index (χ2n) is 4.16. The molecule has 1 atom stereocenters. The lowest BCUT2D eigenvalue weighted by Crippen LogP contribution is -2.50. The van der Waals surface area contributed by atoms with E-state index in [2.05, 4.69) is 15.4 Å². The summed E-state index contributed by atoms with van der Waals surface area (Å²) in [6.45, 7) is 3.49. The van der Waals surface area contributed by atoms with Gasteiger partial charge in [0, 0.05) is 13.7 Å². The predicted molar refractivity (Wildman–Crippen MR) is 63.9 cm³/mol. The van der Waals surface area contributed by atoms with Gasteiger partial charge in [0.2, 0.25) is 11.8 Å². The first-order valence-corrected chi connectivity index (χ1v) is 5.66. The molecule has 0 aliphatic carbocycles. The normalized spacial score (nSPS) is 12.0. The molecular weight excluding hydrogens is 240 g/mol. The number of hydrogen-bond acceptors (Lipinski definition) is 4. The van der Waals surface area contributed by atoms with Crippen molar-refractivity contribution in [2.45, 2.75) is 26.3 Å². The van der Waals surface area contributed by atoms with Crippen molar-refractivity contribution in [3.63, 3.8) is 0 Å². The van der Waals surface area contributed by atoms with E-state index in [0.29, 0.717) is 0 Å². The van der Waals surface area contributed by atoms with Crippen LogP contribution in [0, 0.1) is 5.92 Å². The monoisotopic (exact) mass is 260 g/mol. The molecule has 3 N–H and O–H groups in total. The Labute approximate surface area is 106 Å². The van der Waals surface area contributed by atoms with Crippen molar-refractivity contribution < 1.29 is 24.2 Å². The maximum absolute atomic E-state index is 11.7. The molecule has 0 saturated carbocycles. The lowest BCUT2D eigenvalue weighted by molar-refractivity contribution is -0.137. The number of nitrogens with one attached hydrogen (secondary N) is 2. The van der Waals surface area contributed by atoms with Crippen LogP contribution < -0.4 is 10.6 Å². The standard InChI is InChI=1S/C11H20N2O5/c1-7(2)10(13-8(14)6-18-3)11(17)12-5-4-9(15)16/h7,10H,4-6H2,1-3H3,(H,12,17)(H,13,14)(H,15,16)/t10-/m0/s1. The van der Waals surface area contributed by atoms with Crippen molar-refractivity contribution in [1.29, 1.82) is 0 Å². The zero-order valence-electron chi connectivity index (χ0n) is 10.9. The maximum atomic E-state index is 11.7. The minimum Gasteiger partial charge on any atom is -0.481 e. The van der Waals surface area contributed by atoms with Crippen LogP contribution in [0.3, 0.4) is 0 Å². The Kier molecular flexibility index (Phi) is 7.69. The molecule has 0 bridgehead atoms. The van der Waals surface area contributed by atoms with E-state index >= 15 is 0 Å². The SMILES string of the molecule is COCC(=O)N[C@H](C(=O)NCCC(=O)O)C(C)C. The molecule has 0 unspecified atom stereocenters. The Hall–Kier alpha value is -1.63. The summed E-state index contributed by atoms with van der Waals surface area (Å²) < 4.78 is 4.66. The molecule has 0 rings (SSSR count). The van der Waals surface area contributed by atoms with Crippen molar-refractivity contribution in [3.8, 4) is 0 Å². The highest BCUT2D eigenvalue weighted by molar-refractivity contribution is 5.88. The fourth-order valence-electron chi connectivity index (χ4n) is 1.28. The number of hydrogen-bond donors (Lipinski definition) is 3. The van der Waals surface area contributed by atoms with E-state index in [1.54, 1.807) is 13.8 Å². The lowest BCUT2D eigenvalue weighted by atomic mass is 10.0. The number of carboxylic acid groups (broad SMARTS) is 1. The molecule has 7 heteroatoms. The van der Waals surface area contributed by atoms with Crippen LogP contribution in [-0.4, -0.2) is 49.2 Å². The number of amides is 2. The van der Waals surface area contributed by atoms with Gasteiger partial charge in [-0.2, -0.15) is 0 Å².